The molecule has 0 N–H and O–H groups in total. The van der Waals surface area contributed by atoms with Crippen molar-refractivity contribution in [1.29, 1.82) is 0 Å². The van der Waals surface area contributed by atoms with Crippen LogP contribution in [-0.4, -0.2) is 33.0 Å². The SMILES string of the molecule is COC1COC(c2ccc(-c3ccc(-c4ccc(OC(F)F)c(F)c4F)cc3)c(F)c2F)OC1. The number of alkyl halides is 2. The molecule has 0 amide bonds. The van der Waals surface area contributed by atoms with Gasteiger partial charge in [0.1, 0.15) is 6.10 Å². The Hall–Kier alpha value is -3.08. The second kappa shape index (κ2) is 10.0. The van der Waals surface area contributed by atoms with E-state index in [9.17, 15) is 26.3 Å². The quantitative estimate of drug-likeness (QED) is 0.389. The maximum absolute atomic E-state index is 14.8. The molecule has 0 aromatic heterocycles. The van der Waals surface area contributed by atoms with Gasteiger partial charge in [0.05, 0.1) is 13.2 Å². The summed E-state index contributed by atoms with van der Waals surface area (Å²) < 4.78 is 102. The molecule has 1 aliphatic heterocycles. The molecule has 1 saturated heterocycles. The molecule has 0 atom stereocenters. The first-order valence-electron chi connectivity index (χ1n) is 10.1. The van der Waals surface area contributed by atoms with E-state index in [0.717, 1.165) is 12.1 Å². The Labute approximate surface area is 190 Å². The smallest absolute Gasteiger partial charge is 0.387 e. The predicted molar refractivity (Wildman–Crippen MR) is 109 cm³/mol. The lowest BCUT2D eigenvalue weighted by Crippen LogP contribution is -2.33. The summed E-state index contributed by atoms with van der Waals surface area (Å²) in [7, 11) is 1.49. The standard InChI is InChI=1S/C24H18F6O4/c1-31-14-10-32-23(33-11-14)17-7-6-15(19(25)21(17)27)12-2-4-13(5-3-12)16-8-9-18(34-24(29)30)22(28)20(16)26/h2-9,14,23-24H,10-11H2,1H3. The van der Waals surface area contributed by atoms with Crippen molar-refractivity contribution in [2.45, 2.75) is 19.0 Å². The zero-order valence-electron chi connectivity index (χ0n) is 17.7. The van der Waals surface area contributed by atoms with E-state index < -0.39 is 41.9 Å². The highest BCUT2D eigenvalue weighted by molar-refractivity contribution is 5.71. The molecule has 0 spiro atoms. The first-order valence-corrected chi connectivity index (χ1v) is 10.1. The molecule has 3 aromatic rings. The fourth-order valence-corrected chi connectivity index (χ4v) is 3.54. The van der Waals surface area contributed by atoms with Crippen molar-refractivity contribution < 1.29 is 45.3 Å². The van der Waals surface area contributed by atoms with Crippen LogP contribution in [-0.2, 0) is 14.2 Å². The van der Waals surface area contributed by atoms with Crippen LogP contribution in [0.15, 0.2) is 48.5 Å². The molecule has 0 radical (unpaired) electrons. The van der Waals surface area contributed by atoms with Crippen molar-refractivity contribution in [3.05, 3.63) is 77.4 Å². The van der Waals surface area contributed by atoms with Crippen LogP contribution in [0.5, 0.6) is 5.75 Å². The summed E-state index contributed by atoms with van der Waals surface area (Å²) in [5, 5.41) is 0. The van der Waals surface area contributed by atoms with Crippen LogP contribution in [0.4, 0.5) is 26.3 Å². The molecule has 1 heterocycles. The zero-order chi connectivity index (χ0) is 24.4. The Kier molecular flexibility index (Phi) is 7.11. The highest BCUT2D eigenvalue weighted by Gasteiger charge is 2.28. The zero-order valence-corrected chi connectivity index (χ0v) is 17.7. The minimum atomic E-state index is -3.31. The third-order valence-electron chi connectivity index (χ3n) is 5.34. The molecule has 0 saturated carbocycles. The fraction of sp³-hybridized carbons (Fsp3) is 0.250. The van der Waals surface area contributed by atoms with Crippen LogP contribution >= 0.6 is 0 Å². The summed E-state index contributed by atoms with van der Waals surface area (Å²) in [6.07, 6.45) is -1.37. The van der Waals surface area contributed by atoms with Gasteiger partial charge in [0, 0.05) is 23.8 Å². The lowest BCUT2D eigenvalue weighted by Gasteiger charge is -2.29. The fourth-order valence-electron chi connectivity index (χ4n) is 3.54. The van der Waals surface area contributed by atoms with Crippen LogP contribution in [0.1, 0.15) is 11.9 Å². The van der Waals surface area contributed by atoms with Gasteiger partial charge in [-0.3, -0.25) is 0 Å². The number of hydrogen-bond acceptors (Lipinski definition) is 4. The summed E-state index contributed by atoms with van der Waals surface area (Å²) in [6.45, 7) is -2.98. The molecule has 4 rings (SSSR count). The highest BCUT2D eigenvalue weighted by atomic mass is 19.3. The lowest BCUT2D eigenvalue weighted by atomic mass is 9.98. The molecule has 34 heavy (non-hydrogen) atoms. The Balaban J connectivity index is 1.58. The van der Waals surface area contributed by atoms with Crippen molar-refractivity contribution in [3.8, 4) is 28.0 Å². The molecule has 180 valence electrons. The molecular formula is C24H18F6O4. The highest BCUT2D eigenvalue weighted by Crippen LogP contribution is 2.35. The summed E-state index contributed by atoms with van der Waals surface area (Å²) >= 11 is 0. The van der Waals surface area contributed by atoms with E-state index in [1.165, 1.54) is 43.5 Å². The molecule has 0 aliphatic carbocycles. The van der Waals surface area contributed by atoms with Gasteiger partial charge >= 0.3 is 6.61 Å². The minimum absolute atomic E-state index is 0.0642. The van der Waals surface area contributed by atoms with Gasteiger partial charge in [-0.05, 0) is 23.3 Å². The Bertz CT molecular complexity index is 1160. The molecular weight excluding hydrogens is 466 g/mol. The summed E-state index contributed by atoms with van der Waals surface area (Å²) in [4.78, 5) is 0. The van der Waals surface area contributed by atoms with Crippen LogP contribution < -0.4 is 4.74 Å². The van der Waals surface area contributed by atoms with E-state index in [-0.39, 0.29) is 47.1 Å². The topological polar surface area (TPSA) is 36.9 Å². The lowest BCUT2D eigenvalue weighted by molar-refractivity contribution is -0.226. The van der Waals surface area contributed by atoms with Crippen molar-refractivity contribution in [1.82, 2.24) is 0 Å². The molecule has 3 aromatic carbocycles. The molecule has 0 unspecified atom stereocenters. The number of hydrogen-bond donors (Lipinski definition) is 0. The number of halogens is 6. The van der Waals surface area contributed by atoms with Crippen LogP contribution in [0.2, 0.25) is 0 Å². The van der Waals surface area contributed by atoms with Crippen LogP contribution in [0.25, 0.3) is 22.3 Å². The van der Waals surface area contributed by atoms with Crippen LogP contribution in [0, 0.1) is 23.3 Å². The first-order chi connectivity index (χ1) is 16.3. The van der Waals surface area contributed by atoms with Crippen molar-refractivity contribution in [3.63, 3.8) is 0 Å². The number of methoxy groups -OCH3 is 1. The minimum Gasteiger partial charge on any atom is -0.432 e. The first kappa shape index (κ1) is 24.1. The van der Waals surface area contributed by atoms with Gasteiger partial charge in [0.25, 0.3) is 0 Å². The van der Waals surface area contributed by atoms with Gasteiger partial charge in [-0.15, -0.1) is 0 Å². The van der Waals surface area contributed by atoms with Gasteiger partial charge < -0.3 is 18.9 Å². The molecule has 1 fully saturated rings. The monoisotopic (exact) mass is 484 g/mol. The molecule has 1 aliphatic rings. The molecule has 10 heteroatoms. The van der Waals surface area contributed by atoms with E-state index in [2.05, 4.69) is 4.74 Å². The number of ether oxygens (including phenoxy) is 4. The average Bonchev–Trinajstić information content (AvgIpc) is 2.84. The van der Waals surface area contributed by atoms with Crippen molar-refractivity contribution >= 4 is 0 Å². The predicted octanol–water partition coefficient (Wildman–Crippen LogP) is 6.24. The van der Waals surface area contributed by atoms with Gasteiger partial charge in [-0.1, -0.05) is 36.4 Å². The Morgan fingerprint density at radius 1 is 0.735 bits per heavy atom. The summed E-state index contributed by atoms with van der Waals surface area (Å²) in [5.41, 5.74) is 0.0866. The Morgan fingerprint density at radius 2 is 1.26 bits per heavy atom. The number of rotatable bonds is 6. The maximum atomic E-state index is 14.8. The maximum Gasteiger partial charge on any atom is 0.387 e. The molecule has 0 bridgehead atoms. The third kappa shape index (κ3) is 4.75. The number of benzene rings is 3. The average molecular weight is 484 g/mol. The second-order valence-corrected chi connectivity index (χ2v) is 7.38. The van der Waals surface area contributed by atoms with Gasteiger partial charge in [-0.2, -0.15) is 13.2 Å². The van der Waals surface area contributed by atoms with Gasteiger partial charge in [0.2, 0.25) is 5.82 Å². The van der Waals surface area contributed by atoms with E-state index in [0.29, 0.717) is 0 Å². The van der Waals surface area contributed by atoms with Gasteiger partial charge in [-0.25, -0.2) is 13.2 Å². The normalized spacial score (nSPS) is 18.4. The largest absolute Gasteiger partial charge is 0.432 e. The van der Waals surface area contributed by atoms with E-state index in [4.69, 9.17) is 14.2 Å². The second-order valence-electron chi connectivity index (χ2n) is 7.38. The van der Waals surface area contributed by atoms with Crippen molar-refractivity contribution in [2.24, 2.45) is 0 Å². The summed E-state index contributed by atoms with van der Waals surface area (Å²) in [6, 6.07) is 10.2. The Morgan fingerprint density at radius 3 is 1.79 bits per heavy atom. The third-order valence-corrected chi connectivity index (χ3v) is 5.34. The summed E-state index contributed by atoms with van der Waals surface area (Å²) in [5.74, 6) is -6.12. The van der Waals surface area contributed by atoms with E-state index in [1.54, 1.807) is 0 Å². The van der Waals surface area contributed by atoms with Crippen LogP contribution in [0.3, 0.4) is 0 Å². The van der Waals surface area contributed by atoms with Gasteiger partial charge in [0.15, 0.2) is 29.5 Å². The van der Waals surface area contributed by atoms with E-state index >= 15 is 0 Å². The molecule has 4 nitrogen and oxygen atoms in total. The van der Waals surface area contributed by atoms with E-state index in [1.807, 2.05) is 0 Å². The van der Waals surface area contributed by atoms with Crippen molar-refractivity contribution in [2.75, 3.05) is 20.3 Å².